The number of carboxylic acid groups (broad SMARTS) is 1. The fourth-order valence-electron chi connectivity index (χ4n) is 1.85. The van der Waals surface area contributed by atoms with Crippen molar-refractivity contribution < 1.29 is 32.6 Å². The molecule has 2 aromatic rings. The Morgan fingerprint density at radius 1 is 1.08 bits per heavy atom. The molecule has 0 aliphatic carbocycles. The Hall–Kier alpha value is -2.68. The topological polar surface area (TPSA) is 75.6 Å². The number of benzene rings is 2. The predicted molar refractivity (Wildman–Crippen MR) is 85.9 cm³/mol. The summed E-state index contributed by atoms with van der Waals surface area (Å²) in [6.07, 6.45) is -4.78. The van der Waals surface area contributed by atoms with Crippen molar-refractivity contribution in [2.24, 2.45) is 0 Å². The zero-order valence-corrected chi connectivity index (χ0v) is 13.4. The number of halogens is 3. The van der Waals surface area contributed by atoms with E-state index >= 15 is 0 Å². The molecule has 0 spiro atoms. The van der Waals surface area contributed by atoms with Crippen LogP contribution in [-0.4, -0.2) is 29.1 Å². The summed E-state index contributed by atoms with van der Waals surface area (Å²) in [5.41, 5.74) is 0.389. The lowest BCUT2D eigenvalue weighted by Gasteiger charge is -2.10. The number of hydrogen-bond donors (Lipinski definition) is 2. The van der Waals surface area contributed by atoms with Crippen LogP contribution in [0.15, 0.2) is 53.4 Å². The van der Waals surface area contributed by atoms with E-state index in [1.807, 2.05) is 0 Å². The van der Waals surface area contributed by atoms with Crippen molar-refractivity contribution in [3.05, 3.63) is 54.1 Å². The summed E-state index contributed by atoms with van der Waals surface area (Å²) in [6, 6.07) is 11.0. The normalized spacial score (nSPS) is 11.0. The van der Waals surface area contributed by atoms with Gasteiger partial charge in [0.1, 0.15) is 5.75 Å². The van der Waals surface area contributed by atoms with Crippen LogP contribution in [0.3, 0.4) is 0 Å². The van der Waals surface area contributed by atoms with Crippen molar-refractivity contribution in [2.45, 2.75) is 11.3 Å². The average Bonchev–Trinajstić information content (AvgIpc) is 2.53. The lowest BCUT2D eigenvalue weighted by molar-refractivity contribution is -0.274. The Bertz CT molecular complexity index is 763. The summed E-state index contributed by atoms with van der Waals surface area (Å²) in [4.78, 5) is 23.4. The molecule has 0 radical (unpaired) electrons. The minimum Gasteiger partial charge on any atom is -0.478 e. The molecule has 25 heavy (non-hydrogen) atoms. The molecule has 2 aromatic carbocycles. The summed E-state index contributed by atoms with van der Waals surface area (Å²) in [7, 11) is 0. The zero-order valence-electron chi connectivity index (χ0n) is 12.5. The number of anilines is 1. The fraction of sp³-hybridized carbons (Fsp3) is 0.125. The maximum Gasteiger partial charge on any atom is 0.573 e. The Morgan fingerprint density at radius 3 is 2.32 bits per heavy atom. The van der Waals surface area contributed by atoms with Gasteiger partial charge in [-0.25, -0.2) is 4.79 Å². The van der Waals surface area contributed by atoms with Crippen LogP contribution < -0.4 is 10.1 Å². The minimum absolute atomic E-state index is 0.0505. The number of rotatable bonds is 6. The van der Waals surface area contributed by atoms with Gasteiger partial charge < -0.3 is 15.2 Å². The highest BCUT2D eigenvalue weighted by atomic mass is 32.2. The molecule has 0 bridgehead atoms. The largest absolute Gasteiger partial charge is 0.573 e. The van der Waals surface area contributed by atoms with E-state index in [9.17, 15) is 22.8 Å². The summed E-state index contributed by atoms with van der Waals surface area (Å²) in [5, 5.41) is 11.6. The first-order valence-electron chi connectivity index (χ1n) is 6.85. The van der Waals surface area contributed by atoms with E-state index in [-0.39, 0.29) is 11.3 Å². The van der Waals surface area contributed by atoms with Gasteiger partial charge in [0, 0.05) is 10.6 Å². The lowest BCUT2D eigenvalue weighted by Crippen LogP contribution is -2.17. The Morgan fingerprint density at radius 2 is 1.72 bits per heavy atom. The van der Waals surface area contributed by atoms with Crippen LogP contribution in [0.5, 0.6) is 5.75 Å². The Labute approximate surface area is 144 Å². The molecule has 132 valence electrons. The SMILES string of the molecule is O=C(CSc1ccccc1C(=O)O)Nc1ccc(OC(F)(F)F)cc1. The number of ether oxygens (including phenoxy) is 1. The van der Waals surface area contributed by atoms with Crippen LogP contribution in [0.4, 0.5) is 18.9 Å². The quantitative estimate of drug-likeness (QED) is 0.751. The van der Waals surface area contributed by atoms with Crippen LogP contribution in [-0.2, 0) is 4.79 Å². The molecule has 0 fully saturated rings. The molecule has 5 nitrogen and oxygen atoms in total. The van der Waals surface area contributed by atoms with Crippen molar-refractivity contribution in [2.75, 3.05) is 11.1 Å². The van der Waals surface area contributed by atoms with E-state index in [1.165, 1.54) is 18.2 Å². The van der Waals surface area contributed by atoms with Crippen molar-refractivity contribution in [3.8, 4) is 5.75 Å². The van der Waals surface area contributed by atoms with E-state index in [0.717, 1.165) is 23.9 Å². The molecule has 0 saturated heterocycles. The first-order chi connectivity index (χ1) is 11.7. The minimum atomic E-state index is -4.78. The van der Waals surface area contributed by atoms with Crippen molar-refractivity contribution in [1.82, 2.24) is 0 Å². The number of amides is 1. The van der Waals surface area contributed by atoms with Gasteiger partial charge in [0.05, 0.1) is 11.3 Å². The number of alkyl halides is 3. The van der Waals surface area contributed by atoms with Crippen LogP contribution >= 0.6 is 11.8 Å². The maximum atomic E-state index is 12.1. The van der Waals surface area contributed by atoms with E-state index < -0.39 is 24.0 Å². The number of thioether (sulfide) groups is 1. The molecule has 9 heteroatoms. The number of hydrogen-bond acceptors (Lipinski definition) is 4. The molecule has 0 atom stereocenters. The third-order valence-corrected chi connectivity index (χ3v) is 3.92. The van der Waals surface area contributed by atoms with Gasteiger partial charge in [-0.3, -0.25) is 4.79 Å². The summed E-state index contributed by atoms with van der Waals surface area (Å²) < 4.78 is 39.9. The third kappa shape index (κ3) is 6.03. The molecular formula is C16H12F3NO4S. The highest BCUT2D eigenvalue weighted by molar-refractivity contribution is 8.00. The number of carbonyl (C=O) groups is 2. The van der Waals surface area contributed by atoms with Crippen LogP contribution in [0, 0.1) is 0 Å². The first kappa shape index (κ1) is 18.7. The van der Waals surface area contributed by atoms with E-state index in [0.29, 0.717) is 10.6 Å². The molecule has 0 aliphatic rings. The summed E-state index contributed by atoms with van der Waals surface area (Å²) >= 11 is 1.05. The standard InChI is InChI=1S/C16H12F3NO4S/c17-16(18,19)24-11-7-5-10(6-8-11)20-14(21)9-25-13-4-2-1-3-12(13)15(22)23/h1-8H,9H2,(H,20,21)(H,22,23). The number of aromatic carboxylic acids is 1. The van der Waals surface area contributed by atoms with Gasteiger partial charge in [-0.05, 0) is 36.4 Å². The van der Waals surface area contributed by atoms with E-state index in [2.05, 4.69) is 10.1 Å². The fourth-order valence-corrected chi connectivity index (χ4v) is 2.69. The molecule has 0 aliphatic heterocycles. The maximum absolute atomic E-state index is 12.1. The molecule has 2 rings (SSSR count). The van der Waals surface area contributed by atoms with Crippen LogP contribution in [0.25, 0.3) is 0 Å². The van der Waals surface area contributed by atoms with Gasteiger partial charge in [-0.2, -0.15) is 0 Å². The summed E-state index contributed by atoms with van der Waals surface area (Å²) in [5.74, 6) is -1.96. The van der Waals surface area contributed by atoms with Gasteiger partial charge in [0.15, 0.2) is 0 Å². The second-order valence-corrected chi connectivity index (χ2v) is 5.73. The highest BCUT2D eigenvalue weighted by Gasteiger charge is 2.30. The van der Waals surface area contributed by atoms with Crippen LogP contribution in [0.1, 0.15) is 10.4 Å². The highest BCUT2D eigenvalue weighted by Crippen LogP contribution is 2.25. The molecule has 0 saturated carbocycles. The van der Waals surface area contributed by atoms with Gasteiger partial charge in [-0.1, -0.05) is 12.1 Å². The molecular weight excluding hydrogens is 359 g/mol. The molecule has 0 unspecified atom stereocenters. The summed E-state index contributed by atoms with van der Waals surface area (Å²) in [6.45, 7) is 0. The van der Waals surface area contributed by atoms with E-state index in [4.69, 9.17) is 5.11 Å². The van der Waals surface area contributed by atoms with Gasteiger partial charge in [0.25, 0.3) is 0 Å². The van der Waals surface area contributed by atoms with Gasteiger partial charge in [0.2, 0.25) is 5.91 Å². The first-order valence-corrected chi connectivity index (χ1v) is 7.84. The zero-order chi connectivity index (χ0) is 18.4. The smallest absolute Gasteiger partial charge is 0.478 e. The van der Waals surface area contributed by atoms with Crippen molar-refractivity contribution in [3.63, 3.8) is 0 Å². The van der Waals surface area contributed by atoms with Gasteiger partial charge in [-0.15, -0.1) is 24.9 Å². The molecule has 0 aromatic heterocycles. The number of nitrogens with one attached hydrogen (secondary N) is 1. The second-order valence-electron chi connectivity index (χ2n) is 4.71. The molecule has 1 amide bonds. The molecule has 0 heterocycles. The number of carboxylic acids is 1. The molecule has 2 N–H and O–H groups in total. The lowest BCUT2D eigenvalue weighted by atomic mass is 10.2. The average molecular weight is 371 g/mol. The van der Waals surface area contributed by atoms with Crippen LogP contribution in [0.2, 0.25) is 0 Å². The number of carbonyl (C=O) groups excluding carboxylic acids is 1. The van der Waals surface area contributed by atoms with E-state index in [1.54, 1.807) is 18.2 Å². The van der Waals surface area contributed by atoms with Crippen molar-refractivity contribution >= 4 is 29.3 Å². The van der Waals surface area contributed by atoms with Crippen molar-refractivity contribution in [1.29, 1.82) is 0 Å². The predicted octanol–water partition coefficient (Wildman–Crippen LogP) is 4.01. The second kappa shape index (κ2) is 7.93. The Kier molecular flexibility index (Phi) is 5.92. The van der Waals surface area contributed by atoms with Gasteiger partial charge >= 0.3 is 12.3 Å². The third-order valence-electron chi connectivity index (χ3n) is 2.85. The Balaban J connectivity index is 1.92. The monoisotopic (exact) mass is 371 g/mol.